The number of nitrogens with one attached hydrogen (secondary N) is 1. The van der Waals surface area contributed by atoms with Gasteiger partial charge in [-0.2, -0.15) is 0 Å². The molecule has 5 N–H and O–H groups in total. The van der Waals surface area contributed by atoms with Gasteiger partial charge in [0.2, 0.25) is 5.91 Å². The number of fused-ring (bicyclic) bond motifs is 5. The highest BCUT2D eigenvalue weighted by Crippen LogP contribution is 2.68. The van der Waals surface area contributed by atoms with Crippen LogP contribution in [0, 0.1) is 46.3 Å². The number of phenolic OH excluding ortho intramolecular Hbond substituents is 1. The first-order chi connectivity index (χ1) is 18.9. The summed E-state index contributed by atoms with van der Waals surface area (Å²) in [6, 6.07) is 5.35. The summed E-state index contributed by atoms with van der Waals surface area (Å²) in [5, 5.41) is 43.9. The number of benzene rings is 1. The molecule has 1 aromatic carbocycles. The van der Waals surface area contributed by atoms with Crippen LogP contribution in [-0.2, 0) is 16.0 Å². The highest BCUT2D eigenvalue weighted by Gasteiger charge is 2.63. The smallest absolute Gasteiger partial charge is 0.326 e. The molecule has 7 heteroatoms. The predicted octanol–water partition coefficient (Wildman–Crippen LogP) is 4.91. The SMILES string of the molecule is C[C@H](CCC(=O)N[C@@H](Cc1ccc(O)cc1)C(=O)O)[C@H]1CCC2C3CC[C@@H]4C[C@H](O)CC[C@]4(C)C3C[C@H](O)[C@@]21C. The van der Waals surface area contributed by atoms with Gasteiger partial charge < -0.3 is 25.7 Å². The van der Waals surface area contributed by atoms with Crippen molar-refractivity contribution < 1.29 is 30.0 Å². The molecule has 4 aliphatic carbocycles. The average molecular weight is 556 g/mol. The van der Waals surface area contributed by atoms with Crippen LogP contribution < -0.4 is 5.32 Å². The molecule has 11 atom stereocenters. The molecule has 1 amide bonds. The quantitative estimate of drug-likeness (QED) is 0.310. The molecule has 0 aliphatic heterocycles. The summed E-state index contributed by atoms with van der Waals surface area (Å²) in [6.45, 7) is 6.95. The zero-order valence-electron chi connectivity index (χ0n) is 24.4. The molecule has 0 saturated heterocycles. The molecule has 5 rings (SSSR count). The van der Waals surface area contributed by atoms with Crippen LogP contribution in [-0.4, -0.2) is 50.6 Å². The Kier molecular flexibility index (Phi) is 8.28. The summed E-state index contributed by atoms with van der Waals surface area (Å²) < 4.78 is 0. The van der Waals surface area contributed by atoms with Gasteiger partial charge in [0.15, 0.2) is 0 Å². The maximum Gasteiger partial charge on any atom is 0.326 e. The van der Waals surface area contributed by atoms with Crippen molar-refractivity contribution in [3.8, 4) is 5.75 Å². The Morgan fingerprint density at radius 3 is 2.42 bits per heavy atom. The van der Waals surface area contributed by atoms with Gasteiger partial charge in [0.25, 0.3) is 0 Å². The lowest BCUT2D eigenvalue weighted by atomic mass is 9.43. The van der Waals surface area contributed by atoms with Crippen molar-refractivity contribution in [2.45, 2.75) is 110 Å². The first-order valence-electron chi connectivity index (χ1n) is 15.6. The van der Waals surface area contributed by atoms with E-state index in [1.54, 1.807) is 12.1 Å². The Labute approximate surface area is 238 Å². The molecule has 0 bridgehead atoms. The van der Waals surface area contributed by atoms with E-state index in [0.717, 1.165) is 44.1 Å². The maximum absolute atomic E-state index is 12.8. The number of carboxylic acids is 1. The van der Waals surface area contributed by atoms with E-state index in [0.29, 0.717) is 36.0 Å². The van der Waals surface area contributed by atoms with E-state index in [-0.39, 0.29) is 53.5 Å². The van der Waals surface area contributed by atoms with Crippen molar-refractivity contribution in [3.63, 3.8) is 0 Å². The molecule has 4 saturated carbocycles. The van der Waals surface area contributed by atoms with Gasteiger partial charge in [0.1, 0.15) is 11.8 Å². The second kappa shape index (κ2) is 11.3. The van der Waals surface area contributed by atoms with Crippen LogP contribution in [0.1, 0.15) is 90.5 Å². The lowest BCUT2D eigenvalue weighted by Crippen LogP contribution is -2.58. The van der Waals surface area contributed by atoms with Crippen LogP contribution in [0.4, 0.5) is 0 Å². The first kappa shape index (κ1) is 29.4. The zero-order chi connectivity index (χ0) is 28.8. The first-order valence-corrected chi connectivity index (χ1v) is 15.6. The molecule has 4 fully saturated rings. The fourth-order valence-electron chi connectivity index (χ4n) is 10.1. The van der Waals surface area contributed by atoms with Crippen LogP contribution in [0.15, 0.2) is 24.3 Å². The number of hydrogen-bond acceptors (Lipinski definition) is 5. The third-order valence-electron chi connectivity index (χ3n) is 12.3. The third-order valence-corrected chi connectivity index (χ3v) is 12.3. The standard InChI is InChI=1S/C33H49NO6/c1-19(4-13-30(38)34-28(31(39)40)16-20-5-8-22(35)9-6-20)25-11-12-26-24-10-7-21-17-23(36)14-15-32(21,2)27(24)18-29(37)33(25,26)3/h5-6,8-9,19,21,23-29,35-37H,4,7,10-18H2,1-3H3,(H,34,38)(H,39,40)/t19-,21-,23-,24?,25-,26?,27?,28+,29+,32+,33-/m1/s1. The predicted molar refractivity (Wildman–Crippen MR) is 152 cm³/mol. The largest absolute Gasteiger partial charge is 0.508 e. The number of aliphatic hydroxyl groups excluding tert-OH is 2. The van der Waals surface area contributed by atoms with Crippen molar-refractivity contribution in [1.29, 1.82) is 0 Å². The van der Waals surface area contributed by atoms with Gasteiger partial charge in [0, 0.05) is 12.8 Å². The van der Waals surface area contributed by atoms with E-state index in [1.165, 1.54) is 25.0 Å². The summed E-state index contributed by atoms with van der Waals surface area (Å²) in [6.07, 6.45) is 8.87. The van der Waals surface area contributed by atoms with Crippen molar-refractivity contribution in [3.05, 3.63) is 29.8 Å². The second-order valence-corrected chi connectivity index (χ2v) is 14.2. The van der Waals surface area contributed by atoms with Crippen LogP contribution in [0.2, 0.25) is 0 Å². The highest BCUT2D eigenvalue weighted by atomic mass is 16.4. The van der Waals surface area contributed by atoms with Crippen molar-refractivity contribution in [2.75, 3.05) is 0 Å². The van der Waals surface area contributed by atoms with E-state index >= 15 is 0 Å². The van der Waals surface area contributed by atoms with E-state index < -0.39 is 12.0 Å². The number of rotatable bonds is 8. The van der Waals surface area contributed by atoms with Gasteiger partial charge >= 0.3 is 5.97 Å². The minimum Gasteiger partial charge on any atom is -0.508 e. The molecule has 40 heavy (non-hydrogen) atoms. The van der Waals surface area contributed by atoms with Crippen LogP contribution in [0.25, 0.3) is 0 Å². The van der Waals surface area contributed by atoms with Gasteiger partial charge in [-0.3, -0.25) is 4.79 Å². The Morgan fingerprint density at radius 1 is 1.00 bits per heavy atom. The number of carboxylic acid groups (broad SMARTS) is 1. The number of aliphatic carboxylic acids is 1. The van der Waals surface area contributed by atoms with E-state index in [1.807, 2.05) is 0 Å². The van der Waals surface area contributed by atoms with Gasteiger partial charge in [-0.05, 0) is 122 Å². The van der Waals surface area contributed by atoms with Gasteiger partial charge in [-0.25, -0.2) is 4.79 Å². The average Bonchev–Trinajstić information content (AvgIpc) is 3.28. The molecule has 3 unspecified atom stereocenters. The second-order valence-electron chi connectivity index (χ2n) is 14.2. The molecule has 0 radical (unpaired) electrons. The van der Waals surface area contributed by atoms with Crippen LogP contribution >= 0.6 is 0 Å². The van der Waals surface area contributed by atoms with Gasteiger partial charge in [-0.1, -0.05) is 32.9 Å². The molecule has 222 valence electrons. The fourth-order valence-corrected chi connectivity index (χ4v) is 10.1. The minimum atomic E-state index is -1.07. The lowest BCUT2D eigenvalue weighted by Gasteiger charge is -2.62. The molecule has 1 aromatic rings. The molecular weight excluding hydrogens is 506 g/mol. The number of carbonyl (C=O) groups is 2. The van der Waals surface area contributed by atoms with Crippen molar-refractivity contribution in [1.82, 2.24) is 5.32 Å². The van der Waals surface area contributed by atoms with E-state index in [9.17, 15) is 30.0 Å². The molecule has 0 spiro atoms. The van der Waals surface area contributed by atoms with Crippen LogP contribution in [0.3, 0.4) is 0 Å². The molecule has 0 aromatic heterocycles. The summed E-state index contributed by atoms with van der Waals surface area (Å²) in [5.74, 6) is 1.59. The number of carbonyl (C=O) groups excluding carboxylic acids is 1. The molecular formula is C33H49NO6. The Morgan fingerprint density at radius 2 is 1.73 bits per heavy atom. The van der Waals surface area contributed by atoms with Crippen molar-refractivity contribution in [2.24, 2.45) is 46.3 Å². The van der Waals surface area contributed by atoms with Crippen molar-refractivity contribution >= 4 is 11.9 Å². The number of hydrogen-bond donors (Lipinski definition) is 5. The monoisotopic (exact) mass is 555 g/mol. The number of aliphatic hydroxyl groups is 2. The summed E-state index contributed by atoms with van der Waals surface area (Å²) in [5.41, 5.74) is 0.796. The molecule has 0 heterocycles. The molecule has 7 nitrogen and oxygen atoms in total. The van der Waals surface area contributed by atoms with E-state index in [2.05, 4.69) is 26.1 Å². The van der Waals surface area contributed by atoms with Gasteiger partial charge in [0.05, 0.1) is 12.2 Å². The third kappa shape index (κ3) is 5.29. The Bertz CT molecular complexity index is 1080. The summed E-state index contributed by atoms with van der Waals surface area (Å²) in [4.78, 5) is 24.7. The van der Waals surface area contributed by atoms with Gasteiger partial charge in [-0.15, -0.1) is 0 Å². The minimum absolute atomic E-state index is 0.116. The topological polar surface area (TPSA) is 127 Å². The fraction of sp³-hybridized carbons (Fsp3) is 0.758. The lowest BCUT2D eigenvalue weighted by molar-refractivity contribution is -0.175. The number of amides is 1. The molecule has 4 aliphatic rings. The van der Waals surface area contributed by atoms with Crippen LogP contribution in [0.5, 0.6) is 5.75 Å². The summed E-state index contributed by atoms with van der Waals surface area (Å²) >= 11 is 0. The number of phenols is 1. The Hall–Kier alpha value is -2.12. The number of aromatic hydroxyl groups is 1. The van der Waals surface area contributed by atoms with E-state index in [4.69, 9.17) is 0 Å². The summed E-state index contributed by atoms with van der Waals surface area (Å²) in [7, 11) is 0. The highest BCUT2D eigenvalue weighted by molar-refractivity contribution is 5.83. The Balaban J connectivity index is 1.20. The maximum atomic E-state index is 12.8. The normalized spacial score (nSPS) is 40.3. The zero-order valence-corrected chi connectivity index (χ0v) is 24.4.